The number of benzene rings is 1. The topological polar surface area (TPSA) is 50.7 Å². The van der Waals surface area contributed by atoms with Crippen molar-refractivity contribution in [2.75, 3.05) is 20.3 Å². The quantitative estimate of drug-likeness (QED) is 0.847. The smallest absolute Gasteiger partial charge is 0.161 e. The third kappa shape index (κ3) is 3.69. The van der Waals surface area contributed by atoms with Crippen molar-refractivity contribution in [1.29, 1.82) is 0 Å². The zero-order valence-electron chi connectivity index (χ0n) is 13.3. The average molecular weight is 293 g/mol. The van der Waals surface area contributed by atoms with Gasteiger partial charge in [0, 0.05) is 6.04 Å². The molecule has 0 bridgehead atoms. The highest BCUT2D eigenvalue weighted by Crippen LogP contribution is 2.40. The number of hydrogen-bond donors (Lipinski definition) is 2. The van der Waals surface area contributed by atoms with Crippen LogP contribution in [-0.4, -0.2) is 31.4 Å². The second-order valence-electron chi connectivity index (χ2n) is 5.62. The molecule has 0 spiro atoms. The van der Waals surface area contributed by atoms with Gasteiger partial charge in [0.2, 0.25) is 0 Å². The van der Waals surface area contributed by atoms with Gasteiger partial charge in [0.15, 0.2) is 11.5 Å². The van der Waals surface area contributed by atoms with Gasteiger partial charge in [-0.25, -0.2) is 0 Å². The Balaban J connectivity index is 2.21. The van der Waals surface area contributed by atoms with Gasteiger partial charge in [-0.3, -0.25) is 0 Å². The van der Waals surface area contributed by atoms with Crippen LogP contribution in [0.3, 0.4) is 0 Å². The third-order valence-corrected chi connectivity index (χ3v) is 4.30. The molecule has 118 valence electrons. The Kier molecular flexibility index (Phi) is 5.48. The largest absolute Gasteiger partial charge is 0.490 e. The fraction of sp³-hybridized carbons (Fsp3) is 0.647. The SMILES string of the molecule is CCOc1ccc(C2(O)CCC(NC)CC2)cc1OCC. The van der Waals surface area contributed by atoms with Gasteiger partial charge in [-0.05, 0) is 64.3 Å². The molecule has 0 atom stereocenters. The summed E-state index contributed by atoms with van der Waals surface area (Å²) in [4.78, 5) is 0. The van der Waals surface area contributed by atoms with Crippen LogP contribution in [0, 0.1) is 0 Å². The van der Waals surface area contributed by atoms with E-state index in [1.165, 1.54) is 0 Å². The van der Waals surface area contributed by atoms with Crippen molar-refractivity contribution in [3.05, 3.63) is 23.8 Å². The molecule has 0 saturated heterocycles. The summed E-state index contributed by atoms with van der Waals surface area (Å²) in [6.07, 6.45) is 3.53. The van der Waals surface area contributed by atoms with Crippen molar-refractivity contribution >= 4 is 0 Å². The lowest BCUT2D eigenvalue weighted by Gasteiger charge is -2.36. The van der Waals surface area contributed by atoms with Crippen LogP contribution in [0.1, 0.15) is 45.1 Å². The fourth-order valence-electron chi connectivity index (χ4n) is 3.01. The van der Waals surface area contributed by atoms with Gasteiger partial charge in [0.1, 0.15) is 0 Å². The summed E-state index contributed by atoms with van der Waals surface area (Å²) >= 11 is 0. The summed E-state index contributed by atoms with van der Waals surface area (Å²) in [7, 11) is 1.99. The van der Waals surface area contributed by atoms with Crippen LogP contribution in [0.2, 0.25) is 0 Å². The van der Waals surface area contributed by atoms with Gasteiger partial charge >= 0.3 is 0 Å². The van der Waals surface area contributed by atoms with E-state index < -0.39 is 5.60 Å². The fourth-order valence-corrected chi connectivity index (χ4v) is 3.01. The molecule has 1 aliphatic carbocycles. The van der Waals surface area contributed by atoms with E-state index in [-0.39, 0.29) is 0 Å². The van der Waals surface area contributed by atoms with Gasteiger partial charge in [-0.1, -0.05) is 6.07 Å². The number of rotatable bonds is 6. The van der Waals surface area contributed by atoms with E-state index in [2.05, 4.69) is 5.32 Å². The molecule has 1 aromatic rings. The third-order valence-electron chi connectivity index (χ3n) is 4.30. The zero-order valence-corrected chi connectivity index (χ0v) is 13.3. The van der Waals surface area contributed by atoms with Crippen LogP contribution >= 0.6 is 0 Å². The van der Waals surface area contributed by atoms with E-state index in [4.69, 9.17) is 9.47 Å². The molecule has 1 aliphatic rings. The zero-order chi connectivity index (χ0) is 15.3. The maximum absolute atomic E-state index is 10.9. The molecule has 1 fully saturated rings. The monoisotopic (exact) mass is 293 g/mol. The maximum atomic E-state index is 10.9. The molecule has 0 unspecified atom stereocenters. The predicted octanol–water partition coefficient (Wildman–Crippen LogP) is 2.83. The first kappa shape index (κ1) is 16.1. The van der Waals surface area contributed by atoms with Gasteiger partial charge in [0.05, 0.1) is 18.8 Å². The highest BCUT2D eigenvalue weighted by molar-refractivity contribution is 5.44. The molecule has 4 heteroatoms. The first-order chi connectivity index (χ1) is 10.1. The summed E-state index contributed by atoms with van der Waals surface area (Å²) in [6.45, 7) is 5.10. The van der Waals surface area contributed by atoms with Crippen LogP contribution in [0.25, 0.3) is 0 Å². The van der Waals surface area contributed by atoms with Crippen LogP contribution in [0.15, 0.2) is 18.2 Å². The molecule has 0 amide bonds. The first-order valence-electron chi connectivity index (χ1n) is 7.92. The van der Waals surface area contributed by atoms with E-state index in [1.54, 1.807) is 0 Å². The standard InChI is InChI=1S/C17H27NO3/c1-4-20-15-7-6-13(12-16(15)21-5-2)17(19)10-8-14(18-3)9-11-17/h6-7,12,14,18-19H,4-5,8-11H2,1-3H3. The highest BCUT2D eigenvalue weighted by atomic mass is 16.5. The molecular weight excluding hydrogens is 266 g/mol. The van der Waals surface area contributed by atoms with E-state index >= 15 is 0 Å². The number of ether oxygens (including phenoxy) is 2. The minimum absolute atomic E-state index is 0.513. The molecule has 2 N–H and O–H groups in total. The van der Waals surface area contributed by atoms with Gasteiger partial charge in [-0.2, -0.15) is 0 Å². The van der Waals surface area contributed by atoms with Crippen molar-refractivity contribution < 1.29 is 14.6 Å². The van der Waals surface area contributed by atoms with Crippen molar-refractivity contribution in [3.8, 4) is 11.5 Å². The Morgan fingerprint density at radius 1 is 1.14 bits per heavy atom. The highest BCUT2D eigenvalue weighted by Gasteiger charge is 2.34. The molecule has 1 aromatic carbocycles. The molecule has 4 nitrogen and oxygen atoms in total. The lowest BCUT2D eigenvalue weighted by atomic mass is 9.77. The molecule has 0 radical (unpaired) electrons. The summed E-state index contributed by atoms with van der Waals surface area (Å²) in [5.74, 6) is 1.47. The normalized spacial score (nSPS) is 25.6. The van der Waals surface area contributed by atoms with Gasteiger partial charge in [-0.15, -0.1) is 0 Å². The minimum Gasteiger partial charge on any atom is -0.490 e. The van der Waals surface area contributed by atoms with E-state index in [1.807, 2.05) is 39.1 Å². The summed E-state index contributed by atoms with van der Waals surface area (Å²) in [5.41, 5.74) is 0.188. The molecule has 0 heterocycles. The van der Waals surface area contributed by atoms with E-state index in [0.717, 1.165) is 42.7 Å². The molecule has 21 heavy (non-hydrogen) atoms. The lowest BCUT2D eigenvalue weighted by Crippen LogP contribution is -2.38. The molecule has 0 aromatic heterocycles. The van der Waals surface area contributed by atoms with Crippen molar-refractivity contribution in [1.82, 2.24) is 5.32 Å². The molecular formula is C17H27NO3. The van der Waals surface area contributed by atoms with Crippen molar-refractivity contribution in [3.63, 3.8) is 0 Å². The van der Waals surface area contributed by atoms with Crippen LogP contribution in [0.5, 0.6) is 11.5 Å². The van der Waals surface area contributed by atoms with Crippen molar-refractivity contribution in [2.45, 2.75) is 51.2 Å². The molecule has 1 saturated carbocycles. The number of nitrogens with one attached hydrogen (secondary N) is 1. The van der Waals surface area contributed by atoms with Crippen LogP contribution < -0.4 is 14.8 Å². The van der Waals surface area contributed by atoms with Crippen LogP contribution in [-0.2, 0) is 5.60 Å². The number of hydrogen-bond acceptors (Lipinski definition) is 4. The lowest BCUT2D eigenvalue weighted by molar-refractivity contribution is -0.00786. The molecule has 2 rings (SSSR count). The average Bonchev–Trinajstić information content (AvgIpc) is 2.50. The Labute approximate surface area is 127 Å². The van der Waals surface area contributed by atoms with Crippen molar-refractivity contribution in [2.24, 2.45) is 0 Å². The Bertz CT molecular complexity index is 453. The van der Waals surface area contributed by atoms with E-state index in [0.29, 0.717) is 19.3 Å². The van der Waals surface area contributed by atoms with E-state index in [9.17, 15) is 5.11 Å². The second kappa shape index (κ2) is 7.14. The maximum Gasteiger partial charge on any atom is 0.161 e. The number of aliphatic hydroxyl groups is 1. The van der Waals surface area contributed by atoms with Gasteiger partial charge in [0.25, 0.3) is 0 Å². The summed E-state index contributed by atoms with van der Waals surface area (Å²) in [6, 6.07) is 6.33. The Morgan fingerprint density at radius 2 is 1.76 bits per heavy atom. The summed E-state index contributed by atoms with van der Waals surface area (Å²) < 4.78 is 11.2. The molecule has 0 aliphatic heterocycles. The summed E-state index contributed by atoms with van der Waals surface area (Å²) in [5, 5.41) is 14.2. The Morgan fingerprint density at radius 3 is 2.33 bits per heavy atom. The van der Waals surface area contributed by atoms with Crippen LogP contribution in [0.4, 0.5) is 0 Å². The predicted molar refractivity (Wildman–Crippen MR) is 84.0 cm³/mol. The Hall–Kier alpha value is -1.26. The second-order valence-corrected chi connectivity index (χ2v) is 5.62. The first-order valence-corrected chi connectivity index (χ1v) is 7.92. The van der Waals surface area contributed by atoms with Gasteiger partial charge < -0.3 is 19.9 Å². The minimum atomic E-state index is -0.746.